The molecule has 4 atom stereocenters. The van der Waals surface area contributed by atoms with Crippen molar-refractivity contribution in [2.45, 2.75) is 76.7 Å². The molecular weight excluding hydrogens is 813 g/mol. The van der Waals surface area contributed by atoms with Crippen LogP contribution >= 0.6 is 0 Å². The number of hydrogen-bond donors (Lipinski definition) is 4. The van der Waals surface area contributed by atoms with Gasteiger partial charge in [-0.15, -0.1) is 0 Å². The number of carboxylic acid groups (broad SMARTS) is 1. The first-order valence-electron chi connectivity index (χ1n) is 21.7. The first-order valence-corrected chi connectivity index (χ1v) is 21.7. The molecule has 4 amide bonds. The second-order valence-electron chi connectivity index (χ2n) is 16.9. The van der Waals surface area contributed by atoms with E-state index in [1.54, 1.807) is 28.5 Å². The largest absolute Gasteiger partial charge is 0.465 e. The van der Waals surface area contributed by atoms with E-state index in [2.05, 4.69) is 49.5 Å². The van der Waals surface area contributed by atoms with Crippen molar-refractivity contribution in [1.29, 1.82) is 0 Å². The van der Waals surface area contributed by atoms with Gasteiger partial charge < -0.3 is 39.5 Å². The van der Waals surface area contributed by atoms with Crippen LogP contribution in [0.4, 0.5) is 9.59 Å². The van der Waals surface area contributed by atoms with Gasteiger partial charge in [-0.25, -0.2) is 24.5 Å². The second-order valence-corrected chi connectivity index (χ2v) is 16.9. The number of carbonyl (C=O) groups is 4. The molecule has 5 heterocycles. The van der Waals surface area contributed by atoms with E-state index in [0.717, 1.165) is 69.8 Å². The molecule has 4 N–H and O–H groups in total. The van der Waals surface area contributed by atoms with E-state index >= 15 is 0 Å². The predicted molar refractivity (Wildman–Crippen MR) is 240 cm³/mol. The normalized spacial score (nSPS) is 17.1. The Morgan fingerprint density at radius 2 is 1.31 bits per heavy atom. The molecule has 2 aliphatic heterocycles. The van der Waals surface area contributed by atoms with Crippen molar-refractivity contribution in [3.63, 3.8) is 0 Å². The van der Waals surface area contributed by atoms with E-state index in [9.17, 15) is 24.3 Å². The molecule has 1 unspecified atom stereocenters. The lowest BCUT2D eigenvalue weighted by Gasteiger charge is -2.33. The van der Waals surface area contributed by atoms with Crippen LogP contribution in [-0.2, 0) is 27.3 Å². The minimum atomic E-state index is -1.13. The smallest absolute Gasteiger partial charge is 0.407 e. The first-order chi connectivity index (χ1) is 31.0. The van der Waals surface area contributed by atoms with Gasteiger partial charge in [0.15, 0.2) is 0 Å². The number of likely N-dealkylation sites (tertiary alicyclic amines) is 2. The number of imidazole rings is 3. The molecule has 0 bridgehead atoms. The molecule has 0 aliphatic carbocycles. The number of H-pyrrole nitrogens is 2. The van der Waals surface area contributed by atoms with E-state index in [1.807, 2.05) is 79.2 Å². The number of hydrogen-bond acceptors (Lipinski definition) is 8. The Balaban J connectivity index is 0.909. The van der Waals surface area contributed by atoms with Crippen molar-refractivity contribution in [3.05, 3.63) is 127 Å². The van der Waals surface area contributed by atoms with Crippen LogP contribution in [-0.4, -0.2) is 113 Å². The fourth-order valence-corrected chi connectivity index (χ4v) is 9.01. The van der Waals surface area contributed by atoms with E-state index in [4.69, 9.17) is 9.72 Å². The summed E-state index contributed by atoms with van der Waals surface area (Å²) >= 11 is 0. The number of nitrogens with zero attached hydrogens (tertiary/aromatic N) is 7. The predicted octanol–water partition coefficient (Wildman–Crippen LogP) is 7.31. The van der Waals surface area contributed by atoms with Crippen molar-refractivity contribution in [2.75, 3.05) is 27.2 Å². The number of alkyl carbamates (subject to hydrolysis) is 1. The number of nitrogens with one attached hydrogen (secondary N) is 3. The van der Waals surface area contributed by atoms with Crippen molar-refractivity contribution >= 4 is 24.0 Å². The lowest BCUT2D eigenvalue weighted by atomic mass is 10.0. The Labute approximate surface area is 371 Å². The molecule has 0 spiro atoms. The summed E-state index contributed by atoms with van der Waals surface area (Å²) in [5, 5.41) is 12.4. The quantitative estimate of drug-likeness (QED) is 0.0869. The third-order valence-corrected chi connectivity index (χ3v) is 12.3. The summed E-state index contributed by atoms with van der Waals surface area (Å²) < 4.78 is 6.85. The summed E-state index contributed by atoms with van der Waals surface area (Å²) in [6.45, 7) is 5.44. The van der Waals surface area contributed by atoms with Crippen molar-refractivity contribution in [2.24, 2.45) is 5.92 Å². The van der Waals surface area contributed by atoms with Crippen LogP contribution in [0.2, 0.25) is 0 Å². The monoisotopic (exact) mass is 866 g/mol. The minimum Gasteiger partial charge on any atom is -0.465 e. The highest BCUT2D eigenvalue weighted by atomic mass is 16.5. The maximum Gasteiger partial charge on any atom is 0.407 e. The van der Waals surface area contributed by atoms with Gasteiger partial charge >= 0.3 is 12.2 Å². The Morgan fingerprint density at radius 3 is 1.83 bits per heavy atom. The number of ether oxygens (including phenoxy) is 1. The molecule has 2 saturated heterocycles. The van der Waals surface area contributed by atoms with Gasteiger partial charge in [0, 0.05) is 39.3 Å². The SMILES string of the molecule is COC(=O)N[C@@H](Cc1cn(Cc2ccccc2)cn1)C(=O)N1CCCC1c1ncc(-c2ccc(-c3ccc(-c4cnc([C@@H]5CCCN5C(=O)[C@H](C(C)C)N(C)C(=O)O)[nH]4)cc3)cc2)[nH]1. The average Bonchev–Trinajstić information content (AvgIpc) is 4.17. The van der Waals surface area contributed by atoms with E-state index in [0.29, 0.717) is 37.0 Å². The summed E-state index contributed by atoms with van der Waals surface area (Å²) in [6.07, 6.45) is 8.69. The fraction of sp³-hybridized carbons (Fsp3) is 0.354. The van der Waals surface area contributed by atoms with Gasteiger partial charge in [-0.2, -0.15) is 0 Å². The van der Waals surface area contributed by atoms with Crippen LogP contribution in [0.1, 0.15) is 74.5 Å². The third-order valence-electron chi connectivity index (χ3n) is 12.3. The number of benzene rings is 3. The Bertz CT molecular complexity index is 2570. The maximum absolute atomic E-state index is 14.1. The molecule has 3 aromatic heterocycles. The number of aromatic nitrogens is 6. The highest BCUT2D eigenvalue weighted by Crippen LogP contribution is 2.35. The van der Waals surface area contributed by atoms with Gasteiger partial charge in [0.1, 0.15) is 23.7 Å². The number of amides is 4. The zero-order chi connectivity index (χ0) is 44.9. The minimum absolute atomic E-state index is 0.180. The summed E-state index contributed by atoms with van der Waals surface area (Å²) in [5.74, 6) is 0.771. The number of likely N-dealkylation sites (N-methyl/N-ethyl adjacent to an activating group) is 1. The van der Waals surface area contributed by atoms with Gasteiger partial charge in [-0.1, -0.05) is 92.7 Å². The zero-order valence-corrected chi connectivity index (χ0v) is 36.5. The van der Waals surface area contributed by atoms with Gasteiger partial charge in [0.25, 0.3) is 0 Å². The zero-order valence-electron chi connectivity index (χ0n) is 36.5. The highest BCUT2D eigenvalue weighted by Gasteiger charge is 2.40. The lowest BCUT2D eigenvalue weighted by Crippen LogP contribution is -2.51. The van der Waals surface area contributed by atoms with E-state index in [1.165, 1.54) is 14.2 Å². The van der Waals surface area contributed by atoms with Crippen molar-refractivity contribution in [3.8, 4) is 33.6 Å². The van der Waals surface area contributed by atoms with Gasteiger partial charge in [-0.3, -0.25) is 14.5 Å². The maximum atomic E-state index is 14.1. The lowest BCUT2D eigenvalue weighted by molar-refractivity contribution is -0.138. The van der Waals surface area contributed by atoms with Crippen molar-refractivity contribution < 1.29 is 29.0 Å². The number of rotatable bonds is 14. The van der Waals surface area contributed by atoms with Crippen LogP contribution in [0.5, 0.6) is 0 Å². The number of methoxy groups -OCH3 is 1. The van der Waals surface area contributed by atoms with Crippen molar-refractivity contribution in [1.82, 2.24) is 49.5 Å². The molecule has 16 heteroatoms. The highest BCUT2D eigenvalue weighted by molar-refractivity contribution is 5.87. The summed E-state index contributed by atoms with van der Waals surface area (Å²) in [5.41, 5.74) is 7.44. The Hall–Kier alpha value is -7.23. The third kappa shape index (κ3) is 9.40. The van der Waals surface area contributed by atoms with Gasteiger partial charge in [0.2, 0.25) is 11.8 Å². The van der Waals surface area contributed by atoms with Gasteiger partial charge in [0.05, 0.1) is 55.0 Å². The second kappa shape index (κ2) is 19.0. The molecule has 0 saturated carbocycles. The molecule has 8 rings (SSSR count). The van der Waals surface area contributed by atoms with Crippen LogP contribution in [0.15, 0.2) is 104 Å². The van der Waals surface area contributed by atoms with E-state index < -0.39 is 24.3 Å². The molecule has 0 radical (unpaired) electrons. The van der Waals surface area contributed by atoms with Crippen LogP contribution in [0.25, 0.3) is 33.6 Å². The van der Waals surface area contributed by atoms with E-state index in [-0.39, 0.29) is 36.2 Å². The molecule has 2 aliphatic rings. The molecule has 64 heavy (non-hydrogen) atoms. The molecule has 6 aromatic rings. The summed E-state index contributed by atoms with van der Waals surface area (Å²) in [7, 11) is 2.73. The summed E-state index contributed by atoms with van der Waals surface area (Å²) in [4.78, 5) is 77.5. The molecular formula is C48H54N10O6. The molecule has 16 nitrogen and oxygen atoms in total. The number of aromatic amines is 2. The van der Waals surface area contributed by atoms with Crippen LogP contribution < -0.4 is 5.32 Å². The van der Waals surface area contributed by atoms with Crippen LogP contribution in [0.3, 0.4) is 0 Å². The van der Waals surface area contributed by atoms with Crippen LogP contribution in [0, 0.1) is 5.92 Å². The first kappa shape index (κ1) is 43.4. The molecule has 2 fully saturated rings. The Morgan fingerprint density at radius 1 is 0.781 bits per heavy atom. The topological polar surface area (TPSA) is 195 Å². The standard InChI is InChI=1S/C48H54N10O6/c1-30(2)42(55(3)48(62)63)46(60)58-23-9-13-41(58)44-50-26-39(53-44)35-20-16-33(17-21-35)32-14-18-34(19-15-32)38-25-49-43(52-38)40-12-8-22-57(40)45(59)37(54-47(61)64-4)24-36-28-56(29-51-36)27-31-10-6-5-7-11-31/h5-7,10-11,14-21,25-26,28-30,37,40-42H,8-9,12-13,22-24,27H2,1-4H3,(H,49,52)(H,50,53)(H,54,61)(H,62,63)/t37-,40?,41-,42-/m0/s1. The van der Waals surface area contributed by atoms with Gasteiger partial charge in [-0.05, 0) is 59.4 Å². The fourth-order valence-electron chi connectivity index (χ4n) is 9.01. The number of carbonyl (C=O) groups excluding carboxylic acids is 3. The average molecular weight is 867 g/mol. The molecule has 3 aromatic carbocycles. The molecule has 332 valence electrons. The summed E-state index contributed by atoms with van der Waals surface area (Å²) in [6, 6.07) is 24.2. The Kier molecular flexibility index (Phi) is 12.9.